The number of alkyl halides is 3. The number of sulfonamides is 1. The molecule has 0 radical (unpaired) electrons. The average Bonchev–Trinajstić information content (AvgIpc) is 2.74. The van der Waals surface area contributed by atoms with Crippen molar-refractivity contribution >= 4 is 39.1 Å². The summed E-state index contributed by atoms with van der Waals surface area (Å²) in [7, 11) is -4.25. The van der Waals surface area contributed by atoms with Gasteiger partial charge in [0.2, 0.25) is 21.8 Å². The van der Waals surface area contributed by atoms with E-state index in [-0.39, 0.29) is 11.6 Å². The van der Waals surface area contributed by atoms with Gasteiger partial charge in [0.25, 0.3) is 0 Å². The van der Waals surface area contributed by atoms with Gasteiger partial charge in [-0.15, -0.1) is 0 Å². The molecule has 0 saturated carbocycles. The number of amides is 2. The molecule has 0 aliphatic rings. The van der Waals surface area contributed by atoms with Crippen molar-refractivity contribution < 1.29 is 31.2 Å². The molecule has 0 aliphatic carbocycles. The van der Waals surface area contributed by atoms with Gasteiger partial charge in [-0.2, -0.15) is 13.2 Å². The van der Waals surface area contributed by atoms with Crippen LogP contribution in [0.2, 0.25) is 5.02 Å². The summed E-state index contributed by atoms with van der Waals surface area (Å²) in [5, 5.41) is 2.51. The van der Waals surface area contributed by atoms with E-state index in [1.165, 1.54) is 11.8 Å². The number of carbonyl (C=O) groups excluding carboxylic acids is 2. The van der Waals surface area contributed by atoms with Gasteiger partial charge in [0.05, 0.1) is 22.5 Å². The van der Waals surface area contributed by atoms with E-state index >= 15 is 0 Å². The Morgan fingerprint density at radius 1 is 1.08 bits per heavy atom. The van der Waals surface area contributed by atoms with Crippen molar-refractivity contribution in [3.63, 3.8) is 0 Å². The average molecular weight is 562 g/mol. The van der Waals surface area contributed by atoms with Gasteiger partial charge in [0.1, 0.15) is 12.6 Å². The number of carbonyl (C=O) groups is 2. The Morgan fingerprint density at radius 3 is 2.19 bits per heavy atom. The number of anilines is 1. The molecule has 2 amide bonds. The molecule has 2 aromatic rings. The number of hydrogen-bond donors (Lipinski definition) is 1. The van der Waals surface area contributed by atoms with Crippen LogP contribution in [0.3, 0.4) is 0 Å². The number of benzene rings is 2. The molecule has 37 heavy (non-hydrogen) atoms. The Bertz CT molecular complexity index is 1260. The summed E-state index contributed by atoms with van der Waals surface area (Å²) >= 11 is 6.08. The molecule has 1 atom stereocenters. The Hall–Kier alpha value is -2.79. The summed E-state index contributed by atoms with van der Waals surface area (Å²) < 4.78 is 65.8. The zero-order valence-electron chi connectivity index (χ0n) is 21.5. The highest BCUT2D eigenvalue weighted by atomic mass is 35.5. The van der Waals surface area contributed by atoms with Gasteiger partial charge in [-0.1, -0.05) is 35.9 Å². The molecule has 0 heterocycles. The second kappa shape index (κ2) is 11.3. The lowest BCUT2D eigenvalue weighted by Gasteiger charge is -2.33. The van der Waals surface area contributed by atoms with Crippen LogP contribution in [0.5, 0.6) is 0 Å². The Morgan fingerprint density at radius 2 is 1.68 bits per heavy atom. The normalized spacial score (nSPS) is 13.1. The van der Waals surface area contributed by atoms with Crippen molar-refractivity contribution in [1.29, 1.82) is 0 Å². The number of halogens is 4. The van der Waals surface area contributed by atoms with Gasteiger partial charge in [-0.25, -0.2) is 8.42 Å². The molecule has 204 valence electrons. The molecule has 0 unspecified atom stereocenters. The van der Waals surface area contributed by atoms with E-state index in [9.17, 15) is 31.2 Å². The van der Waals surface area contributed by atoms with Crippen LogP contribution >= 0.6 is 11.6 Å². The van der Waals surface area contributed by atoms with E-state index in [2.05, 4.69) is 5.32 Å². The molecule has 2 aromatic carbocycles. The fourth-order valence-electron chi connectivity index (χ4n) is 3.50. The monoisotopic (exact) mass is 561 g/mol. The molecule has 12 heteroatoms. The first-order chi connectivity index (χ1) is 16.8. The van der Waals surface area contributed by atoms with Crippen LogP contribution < -0.4 is 9.62 Å². The standard InChI is InChI=1S/C25H31ClF3N3O4S/c1-16-9-7-8-10-18(16)14-31(17(2)23(34)30-24(3,4)5)22(33)15-32(37(6,35)36)21-13-19(25(27,28)29)11-12-20(21)26/h7-13,17H,14-15H2,1-6H3,(H,30,34)/t17-/m1/s1. The second-order valence-electron chi connectivity index (χ2n) is 9.80. The highest BCUT2D eigenvalue weighted by molar-refractivity contribution is 7.92. The lowest BCUT2D eigenvalue weighted by molar-refractivity contribution is -0.140. The van der Waals surface area contributed by atoms with E-state index in [0.29, 0.717) is 15.9 Å². The van der Waals surface area contributed by atoms with E-state index < -0.39 is 57.4 Å². The van der Waals surface area contributed by atoms with Crippen LogP contribution in [0.4, 0.5) is 18.9 Å². The molecule has 0 saturated heterocycles. The van der Waals surface area contributed by atoms with E-state index in [1.807, 2.05) is 19.1 Å². The zero-order chi connectivity index (χ0) is 28.3. The van der Waals surface area contributed by atoms with Gasteiger partial charge in [0, 0.05) is 12.1 Å². The van der Waals surface area contributed by atoms with Gasteiger partial charge in [0.15, 0.2) is 0 Å². The summed E-state index contributed by atoms with van der Waals surface area (Å²) in [4.78, 5) is 27.7. The van der Waals surface area contributed by atoms with Crippen LogP contribution in [0.1, 0.15) is 44.4 Å². The van der Waals surface area contributed by atoms with Crippen molar-refractivity contribution in [2.75, 3.05) is 17.1 Å². The first-order valence-corrected chi connectivity index (χ1v) is 13.5. The first-order valence-electron chi connectivity index (χ1n) is 11.3. The van der Waals surface area contributed by atoms with Crippen LogP contribution in [-0.2, 0) is 32.3 Å². The van der Waals surface area contributed by atoms with Gasteiger partial charge >= 0.3 is 6.18 Å². The van der Waals surface area contributed by atoms with E-state index in [0.717, 1.165) is 24.0 Å². The van der Waals surface area contributed by atoms with Crippen molar-refractivity contribution in [2.45, 2.75) is 58.9 Å². The molecule has 2 rings (SSSR count). The van der Waals surface area contributed by atoms with Crippen molar-refractivity contribution in [2.24, 2.45) is 0 Å². The van der Waals surface area contributed by atoms with E-state index in [4.69, 9.17) is 11.6 Å². The van der Waals surface area contributed by atoms with Crippen molar-refractivity contribution in [3.8, 4) is 0 Å². The molecule has 0 spiro atoms. The second-order valence-corrected chi connectivity index (χ2v) is 12.1. The van der Waals surface area contributed by atoms with Crippen LogP contribution in [0.15, 0.2) is 42.5 Å². The summed E-state index contributed by atoms with van der Waals surface area (Å²) in [6, 6.07) is 8.36. The van der Waals surface area contributed by atoms with Crippen molar-refractivity contribution in [1.82, 2.24) is 10.2 Å². The maximum Gasteiger partial charge on any atom is 0.416 e. The molecule has 0 fully saturated rings. The third-order valence-corrected chi connectivity index (χ3v) is 6.93. The predicted molar refractivity (Wildman–Crippen MR) is 138 cm³/mol. The molecule has 0 aromatic heterocycles. The molecule has 7 nitrogen and oxygen atoms in total. The first kappa shape index (κ1) is 30.4. The van der Waals surface area contributed by atoms with Crippen molar-refractivity contribution in [3.05, 3.63) is 64.2 Å². The minimum atomic E-state index is -4.76. The fraction of sp³-hybridized carbons (Fsp3) is 0.440. The third kappa shape index (κ3) is 8.36. The Kier molecular flexibility index (Phi) is 9.30. The minimum absolute atomic E-state index is 0.0296. The largest absolute Gasteiger partial charge is 0.416 e. The smallest absolute Gasteiger partial charge is 0.350 e. The van der Waals surface area contributed by atoms with Gasteiger partial charge < -0.3 is 10.2 Å². The summed E-state index contributed by atoms with van der Waals surface area (Å²) in [5.41, 5.74) is -0.663. The van der Waals surface area contributed by atoms with E-state index in [1.54, 1.807) is 32.9 Å². The Balaban J connectivity index is 2.53. The molecular weight excluding hydrogens is 531 g/mol. The summed E-state index contributed by atoms with van der Waals surface area (Å²) in [6.07, 6.45) is -4.00. The highest BCUT2D eigenvalue weighted by Crippen LogP contribution is 2.36. The zero-order valence-corrected chi connectivity index (χ0v) is 23.1. The number of rotatable bonds is 8. The SMILES string of the molecule is Cc1ccccc1CN(C(=O)CN(c1cc(C(F)(F)F)ccc1Cl)S(C)(=O)=O)[C@H](C)C(=O)NC(C)(C)C. The fourth-order valence-corrected chi connectivity index (χ4v) is 4.63. The molecule has 0 aliphatic heterocycles. The Labute approximate surface area is 220 Å². The van der Waals surface area contributed by atoms with Crippen LogP contribution in [-0.4, -0.2) is 49.5 Å². The summed E-state index contributed by atoms with van der Waals surface area (Å²) in [5.74, 6) is -1.27. The lowest BCUT2D eigenvalue weighted by Crippen LogP contribution is -2.54. The third-order valence-electron chi connectivity index (χ3n) is 5.49. The lowest BCUT2D eigenvalue weighted by atomic mass is 10.1. The van der Waals surface area contributed by atoms with Gasteiger partial charge in [-0.3, -0.25) is 13.9 Å². The number of aryl methyl sites for hydroxylation is 1. The number of nitrogens with zero attached hydrogens (tertiary/aromatic N) is 2. The number of nitrogens with one attached hydrogen (secondary N) is 1. The van der Waals surface area contributed by atoms with Crippen LogP contribution in [0, 0.1) is 6.92 Å². The van der Waals surface area contributed by atoms with Gasteiger partial charge in [-0.05, 0) is 63.9 Å². The highest BCUT2D eigenvalue weighted by Gasteiger charge is 2.35. The number of hydrogen-bond acceptors (Lipinski definition) is 4. The molecular formula is C25H31ClF3N3O4S. The predicted octanol–water partition coefficient (Wildman–Crippen LogP) is 4.77. The topological polar surface area (TPSA) is 86.8 Å². The maximum atomic E-state index is 13.6. The maximum absolute atomic E-state index is 13.6. The molecule has 0 bridgehead atoms. The molecule has 1 N–H and O–H groups in total. The van der Waals surface area contributed by atoms with Crippen LogP contribution in [0.25, 0.3) is 0 Å². The summed E-state index contributed by atoms with van der Waals surface area (Å²) in [6.45, 7) is 7.74. The quantitative estimate of drug-likeness (QED) is 0.503. The minimum Gasteiger partial charge on any atom is -0.350 e.